The number of hydrogen-bond acceptors (Lipinski definition) is 6. The normalized spacial score (nSPS) is 16.1. The maximum Gasteiger partial charge on any atom is 0.194 e. The molecule has 184 valence electrons. The molecule has 9 nitrogen and oxygen atoms in total. The van der Waals surface area contributed by atoms with E-state index in [2.05, 4.69) is 32.5 Å². The summed E-state index contributed by atoms with van der Waals surface area (Å²) < 4.78 is 18.0. The van der Waals surface area contributed by atoms with Crippen LogP contribution in [0, 0.1) is 12.8 Å². The van der Waals surface area contributed by atoms with Gasteiger partial charge in [0.25, 0.3) is 0 Å². The number of rotatable bonds is 11. The van der Waals surface area contributed by atoms with Crippen molar-refractivity contribution < 1.29 is 14.2 Å². The Labute approximate surface area is 213 Å². The second-order valence-corrected chi connectivity index (χ2v) is 8.06. The van der Waals surface area contributed by atoms with E-state index in [0.29, 0.717) is 25.7 Å². The molecule has 1 saturated heterocycles. The summed E-state index contributed by atoms with van der Waals surface area (Å²) in [7, 11) is 5.35. The van der Waals surface area contributed by atoms with Gasteiger partial charge in [0, 0.05) is 39.7 Å². The van der Waals surface area contributed by atoms with Crippen LogP contribution in [0.2, 0.25) is 0 Å². The topological polar surface area (TPSA) is 86.0 Å². The van der Waals surface area contributed by atoms with Gasteiger partial charge in [0.05, 0.1) is 26.9 Å². The van der Waals surface area contributed by atoms with Gasteiger partial charge in [-0.3, -0.25) is 0 Å². The Morgan fingerprint density at radius 3 is 2.64 bits per heavy atom. The first kappa shape index (κ1) is 27.3. The molecule has 1 aliphatic rings. The maximum absolute atomic E-state index is 5.75. The third-order valence-corrected chi connectivity index (χ3v) is 5.78. The zero-order valence-electron chi connectivity index (χ0n) is 20.1. The standard InChI is InChI=1S/C23H36N6O3.HI/c1-18-26-27-22(28(18)2)15-25-23(24-11-9-19-5-7-21(31-4)8-6-19)29-12-10-20(16-29)17-32-14-13-30-3;/h5-8,20H,9-17H2,1-4H3,(H,24,25);1H. The summed E-state index contributed by atoms with van der Waals surface area (Å²) in [6.07, 6.45) is 2.00. The number of benzene rings is 1. The molecule has 2 aromatic rings. The van der Waals surface area contributed by atoms with Gasteiger partial charge in [0.15, 0.2) is 11.8 Å². The summed E-state index contributed by atoms with van der Waals surface area (Å²) in [5, 5.41) is 11.9. The number of aliphatic imine (C=N–C) groups is 1. The average molecular weight is 572 g/mol. The van der Waals surface area contributed by atoms with Gasteiger partial charge >= 0.3 is 0 Å². The molecule has 0 aliphatic carbocycles. The van der Waals surface area contributed by atoms with Crippen molar-refractivity contribution in [3.8, 4) is 5.75 Å². The number of nitrogens with zero attached hydrogens (tertiary/aromatic N) is 5. The van der Waals surface area contributed by atoms with Crippen molar-refractivity contribution in [2.75, 3.05) is 53.7 Å². The Balaban J connectivity index is 0.00000385. The van der Waals surface area contributed by atoms with Crippen molar-refractivity contribution in [2.45, 2.75) is 26.3 Å². The van der Waals surface area contributed by atoms with Gasteiger partial charge in [0.1, 0.15) is 18.1 Å². The Morgan fingerprint density at radius 2 is 1.97 bits per heavy atom. The highest BCUT2D eigenvalue weighted by atomic mass is 127. The molecule has 1 fully saturated rings. The van der Waals surface area contributed by atoms with Gasteiger partial charge < -0.3 is 29.0 Å². The second kappa shape index (κ2) is 14.4. The van der Waals surface area contributed by atoms with E-state index in [1.165, 1.54) is 5.56 Å². The minimum absolute atomic E-state index is 0. The Bertz CT molecular complexity index is 858. The van der Waals surface area contributed by atoms with Gasteiger partial charge in [-0.25, -0.2) is 4.99 Å². The summed E-state index contributed by atoms with van der Waals surface area (Å²) >= 11 is 0. The summed E-state index contributed by atoms with van der Waals surface area (Å²) in [6.45, 7) is 7.16. The van der Waals surface area contributed by atoms with E-state index in [9.17, 15) is 0 Å². The van der Waals surface area contributed by atoms with E-state index < -0.39 is 0 Å². The Kier molecular flexibility index (Phi) is 11.9. The predicted octanol–water partition coefficient (Wildman–Crippen LogP) is 2.42. The molecule has 0 saturated carbocycles. The zero-order chi connectivity index (χ0) is 22.8. The van der Waals surface area contributed by atoms with Crippen LogP contribution in [-0.4, -0.2) is 79.3 Å². The van der Waals surface area contributed by atoms with E-state index in [1.807, 2.05) is 30.7 Å². The van der Waals surface area contributed by atoms with Crippen molar-refractivity contribution in [1.82, 2.24) is 25.0 Å². The molecule has 33 heavy (non-hydrogen) atoms. The third kappa shape index (κ3) is 8.42. The predicted molar refractivity (Wildman–Crippen MR) is 139 cm³/mol. The quantitative estimate of drug-likeness (QED) is 0.192. The third-order valence-electron chi connectivity index (χ3n) is 5.78. The van der Waals surface area contributed by atoms with Gasteiger partial charge in [0.2, 0.25) is 0 Å². The number of ether oxygens (including phenoxy) is 3. The van der Waals surface area contributed by atoms with Crippen molar-refractivity contribution >= 4 is 29.9 Å². The lowest BCUT2D eigenvalue weighted by Gasteiger charge is -2.22. The van der Waals surface area contributed by atoms with Gasteiger partial charge in [-0.1, -0.05) is 12.1 Å². The lowest BCUT2D eigenvalue weighted by molar-refractivity contribution is 0.0536. The fourth-order valence-corrected chi connectivity index (χ4v) is 3.67. The molecular weight excluding hydrogens is 535 g/mol. The number of aryl methyl sites for hydroxylation is 1. The monoisotopic (exact) mass is 572 g/mol. The van der Waals surface area contributed by atoms with Crippen LogP contribution >= 0.6 is 24.0 Å². The summed E-state index contributed by atoms with van der Waals surface area (Å²) in [5.74, 6) is 4.03. The smallest absolute Gasteiger partial charge is 0.194 e. The van der Waals surface area contributed by atoms with E-state index in [4.69, 9.17) is 19.2 Å². The van der Waals surface area contributed by atoms with Crippen LogP contribution < -0.4 is 10.1 Å². The molecule has 0 amide bonds. The molecular formula is C23H37IN6O3. The molecule has 1 atom stereocenters. The lowest BCUT2D eigenvalue weighted by Crippen LogP contribution is -2.41. The SMILES string of the molecule is COCCOCC1CCN(C(=NCc2nnc(C)n2C)NCCc2ccc(OC)cc2)C1.I. The molecule has 1 aromatic heterocycles. The molecule has 1 N–H and O–H groups in total. The van der Waals surface area contributed by atoms with Crippen molar-refractivity contribution in [2.24, 2.45) is 18.0 Å². The lowest BCUT2D eigenvalue weighted by atomic mass is 10.1. The second-order valence-electron chi connectivity index (χ2n) is 8.06. The minimum atomic E-state index is 0. The van der Waals surface area contributed by atoms with E-state index in [1.54, 1.807) is 14.2 Å². The largest absolute Gasteiger partial charge is 0.497 e. The number of hydrogen-bond donors (Lipinski definition) is 1. The molecule has 0 bridgehead atoms. The maximum atomic E-state index is 5.75. The number of methoxy groups -OCH3 is 2. The molecule has 1 aromatic carbocycles. The van der Waals surface area contributed by atoms with E-state index in [-0.39, 0.29) is 24.0 Å². The molecule has 1 unspecified atom stereocenters. The van der Waals surface area contributed by atoms with Crippen LogP contribution in [-0.2, 0) is 29.5 Å². The van der Waals surface area contributed by atoms with Gasteiger partial charge in [-0.2, -0.15) is 0 Å². The van der Waals surface area contributed by atoms with Crippen LogP contribution in [0.3, 0.4) is 0 Å². The fourth-order valence-electron chi connectivity index (χ4n) is 3.67. The minimum Gasteiger partial charge on any atom is -0.497 e. The Hall–Kier alpha value is -1.92. The first-order chi connectivity index (χ1) is 15.6. The molecule has 0 radical (unpaired) electrons. The number of aromatic nitrogens is 3. The molecule has 1 aliphatic heterocycles. The number of halogens is 1. The first-order valence-electron chi connectivity index (χ1n) is 11.2. The van der Waals surface area contributed by atoms with Crippen molar-refractivity contribution in [3.63, 3.8) is 0 Å². The molecule has 2 heterocycles. The van der Waals surface area contributed by atoms with E-state index >= 15 is 0 Å². The van der Waals surface area contributed by atoms with Crippen LogP contribution in [0.25, 0.3) is 0 Å². The number of likely N-dealkylation sites (tertiary alicyclic amines) is 1. The number of guanidine groups is 1. The molecule has 3 rings (SSSR count). The highest BCUT2D eigenvalue weighted by Crippen LogP contribution is 2.17. The summed E-state index contributed by atoms with van der Waals surface area (Å²) in [5.41, 5.74) is 1.26. The zero-order valence-corrected chi connectivity index (χ0v) is 22.5. The summed E-state index contributed by atoms with van der Waals surface area (Å²) in [6, 6.07) is 8.19. The highest BCUT2D eigenvalue weighted by molar-refractivity contribution is 14.0. The molecule has 0 spiro atoms. The number of nitrogens with one attached hydrogen (secondary N) is 1. The first-order valence-corrected chi connectivity index (χ1v) is 11.2. The van der Waals surface area contributed by atoms with Gasteiger partial charge in [-0.15, -0.1) is 34.2 Å². The fraction of sp³-hybridized carbons (Fsp3) is 0.609. The summed E-state index contributed by atoms with van der Waals surface area (Å²) in [4.78, 5) is 7.20. The molecule has 10 heteroatoms. The highest BCUT2D eigenvalue weighted by Gasteiger charge is 2.25. The average Bonchev–Trinajstić information content (AvgIpc) is 3.41. The van der Waals surface area contributed by atoms with Crippen molar-refractivity contribution in [3.05, 3.63) is 41.5 Å². The van der Waals surface area contributed by atoms with Crippen LogP contribution in [0.4, 0.5) is 0 Å². The van der Waals surface area contributed by atoms with E-state index in [0.717, 1.165) is 62.4 Å². The van der Waals surface area contributed by atoms with Crippen LogP contribution in [0.5, 0.6) is 5.75 Å². The van der Waals surface area contributed by atoms with Crippen molar-refractivity contribution in [1.29, 1.82) is 0 Å². The Morgan fingerprint density at radius 1 is 1.18 bits per heavy atom. The van der Waals surface area contributed by atoms with Gasteiger partial charge in [-0.05, 0) is 37.5 Å². The van der Waals surface area contributed by atoms with Crippen LogP contribution in [0.15, 0.2) is 29.3 Å². The van der Waals surface area contributed by atoms with Crippen LogP contribution in [0.1, 0.15) is 23.6 Å².